The average molecular weight is 261 g/mol. The normalized spacial score (nSPS) is 18.1. The molecular formula is C14H15NO4. The van der Waals surface area contributed by atoms with Gasteiger partial charge in [-0.2, -0.15) is 0 Å². The molecule has 2 aliphatic rings. The Kier molecular flexibility index (Phi) is 2.89. The molecule has 19 heavy (non-hydrogen) atoms. The third-order valence-electron chi connectivity index (χ3n) is 3.75. The highest BCUT2D eigenvalue weighted by Gasteiger charge is 2.27. The van der Waals surface area contributed by atoms with Gasteiger partial charge in [-0.15, -0.1) is 0 Å². The van der Waals surface area contributed by atoms with Gasteiger partial charge in [-0.25, -0.2) is 9.59 Å². The predicted octanol–water partition coefficient (Wildman–Crippen LogP) is 2.22. The van der Waals surface area contributed by atoms with Crippen molar-refractivity contribution in [1.82, 2.24) is 0 Å². The summed E-state index contributed by atoms with van der Waals surface area (Å²) in [5, 5.41) is 9.34. The number of ether oxygens (including phenoxy) is 1. The van der Waals surface area contributed by atoms with Gasteiger partial charge in [0.05, 0.1) is 12.1 Å². The van der Waals surface area contributed by atoms with Gasteiger partial charge in [-0.3, -0.25) is 4.90 Å². The molecule has 1 N–H and O–H groups in total. The number of nitrogens with zero attached hydrogens (tertiary/aromatic N) is 1. The van der Waals surface area contributed by atoms with Gasteiger partial charge in [-0.05, 0) is 48.9 Å². The lowest BCUT2D eigenvalue weighted by atomic mass is 9.87. The van der Waals surface area contributed by atoms with Crippen molar-refractivity contribution < 1.29 is 19.4 Å². The smallest absolute Gasteiger partial charge is 0.414 e. The van der Waals surface area contributed by atoms with Gasteiger partial charge >= 0.3 is 12.1 Å². The van der Waals surface area contributed by atoms with Crippen LogP contribution in [0.2, 0.25) is 0 Å². The van der Waals surface area contributed by atoms with Gasteiger partial charge in [0.25, 0.3) is 0 Å². The highest BCUT2D eigenvalue weighted by molar-refractivity contribution is 5.95. The molecule has 0 atom stereocenters. The van der Waals surface area contributed by atoms with Crippen LogP contribution in [0.25, 0.3) is 0 Å². The number of aryl methyl sites for hydroxylation is 1. The number of anilines is 1. The van der Waals surface area contributed by atoms with Gasteiger partial charge in [0, 0.05) is 5.69 Å². The molecule has 3 rings (SSSR count). The molecule has 1 aromatic rings. The van der Waals surface area contributed by atoms with Crippen molar-refractivity contribution >= 4 is 17.7 Å². The molecule has 5 heteroatoms. The molecule has 0 aromatic heterocycles. The minimum absolute atomic E-state index is 0.326. The molecule has 1 fully saturated rings. The Labute approximate surface area is 110 Å². The van der Waals surface area contributed by atoms with Crippen molar-refractivity contribution in [1.29, 1.82) is 0 Å². The number of amides is 1. The summed E-state index contributed by atoms with van der Waals surface area (Å²) in [4.78, 5) is 24.5. The number of fused-ring (bicyclic) bond motifs is 1. The van der Waals surface area contributed by atoms with E-state index in [1.54, 1.807) is 6.07 Å². The highest BCUT2D eigenvalue weighted by atomic mass is 16.6. The van der Waals surface area contributed by atoms with Gasteiger partial charge in [0.2, 0.25) is 0 Å². The zero-order valence-corrected chi connectivity index (χ0v) is 10.5. The summed E-state index contributed by atoms with van der Waals surface area (Å²) in [7, 11) is 0. The van der Waals surface area contributed by atoms with Crippen LogP contribution in [0.1, 0.15) is 34.3 Å². The third kappa shape index (κ3) is 2.05. The Morgan fingerprint density at radius 2 is 2.05 bits per heavy atom. The number of benzene rings is 1. The van der Waals surface area contributed by atoms with E-state index < -0.39 is 12.1 Å². The molecule has 0 radical (unpaired) electrons. The zero-order chi connectivity index (χ0) is 13.4. The van der Waals surface area contributed by atoms with Crippen molar-refractivity contribution in [3.63, 3.8) is 0 Å². The van der Waals surface area contributed by atoms with E-state index in [0.29, 0.717) is 24.4 Å². The molecule has 1 aliphatic carbocycles. The molecule has 1 aliphatic heterocycles. The Balaban J connectivity index is 2.08. The quantitative estimate of drug-likeness (QED) is 0.886. The lowest BCUT2D eigenvalue weighted by Gasteiger charge is -2.22. The predicted molar refractivity (Wildman–Crippen MR) is 68.7 cm³/mol. The first-order valence-electron chi connectivity index (χ1n) is 6.50. The lowest BCUT2D eigenvalue weighted by molar-refractivity contribution is 0.0695. The maximum Gasteiger partial charge on any atom is 0.414 e. The second kappa shape index (κ2) is 4.57. The number of hydrogen-bond donors (Lipinski definition) is 1. The van der Waals surface area contributed by atoms with Crippen molar-refractivity contribution in [2.45, 2.75) is 25.7 Å². The summed E-state index contributed by atoms with van der Waals surface area (Å²) in [5.41, 5.74) is 2.95. The molecule has 5 nitrogen and oxygen atoms in total. The maximum atomic E-state index is 11.6. The fraction of sp³-hybridized carbons (Fsp3) is 0.429. The summed E-state index contributed by atoms with van der Waals surface area (Å²) in [5.74, 6) is -0.924. The Morgan fingerprint density at radius 1 is 1.26 bits per heavy atom. The van der Waals surface area contributed by atoms with Gasteiger partial charge < -0.3 is 9.84 Å². The van der Waals surface area contributed by atoms with E-state index in [2.05, 4.69) is 0 Å². The average Bonchev–Trinajstić information content (AvgIpc) is 2.83. The topological polar surface area (TPSA) is 66.8 Å². The van der Waals surface area contributed by atoms with Crippen LogP contribution in [0.15, 0.2) is 12.1 Å². The van der Waals surface area contributed by atoms with E-state index in [4.69, 9.17) is 4.74 Å². The van der Waals surface area contributed by atoms with Crippen molar-refractivity contribution in [2.75, 3.05) is 18.1 Å². The first-order valence-corrected chi connectivity index (χ1v) is 6.50. The molecule has 0 spiro atoms. The van der Waals surface area contributed by atoms with Crippen molar-refractivity contribution in [3.05, 3.63) is 28.8 Å². The van der Waals surface area contributed by atoms with Crippen LogP contribution in [0, 0.1) is 0 Å². The SMILES string of the molecule is O=C(O)c1cc(N2CCOC2=O)cc2c1CCCC2. The Hall–Kier alpha value is -2.04. The molecule has 1 heterocycles. The first-order chi connectivity index (χ1) is 9.16. The van der Waals surface area contributed by atoms with E-state index in [-0.39, 0.29) is 0 Å². The molecule has 1 amide bonds. The van der Waals surface area contributed by atoms with Crippen LogP contribution in [-0.2, 0) is 17.6 Å². The van der Waals surface area contributed by atoms with E-state index in [1.165, 1.54) is 4.90 Å². The standard InChI is InChI=1S/C14H15NO4/c16-13(17)12-8-10(15-5-6-19-14(15)18)7-9-3-1-2-4-11(9)12/h7-8H,1-6H2,(H,16,17). The number of aromatic carboxylic acids is 1. The van der Waals surface area contributed by atoms with Crippen LogP contribution in [-0.4, -0.2) is 30.3 Å². The summed E-state index contributed by atoms with van der Waals surface area (Å²) in [6.07, 6.45) is 3.39. The molecule has 0 saturated carbocycles. The zero-order valence-electron chi connectivity index (χ0n) is 10.5. The number of carboxylic acid groups (broad SMARTS) is 1. The number of rotatable bonds is 2. The largest absolute Gasteiger partial charge is 0.478 e. The monoisotopic (exact) mass is 261 g/mol. The number of carbonyl (C=O) groups is 2. The lowest BCUT2D eigenvalue weighted by Crippen LogP contribution is -2.24. The first kappa shape index (κ1) is 12.0. The molecule has 1 aromatic carbocycles. The molecule has 1 saturated heterocycles. The second-order valence-electron chi connectivity index (χ2n) is 4.91. The Bertz CT molecular complexity index is 553. The summed E-state index contributed by atoms with van der Waals surface area (Å²) in [6, 6.07) is 3.53. The van der Waals surface area contributed by atoms with E-state index in [0.717, 1.165) is 36.8 Å². The van der Waals surface area contributed by atoms with E-state index >= 15 is 0 Å². The van der Waals surface area contributed by atoms with Crippen LogP contribution in [0.5, 0.6) is 0 Å². The van der Waals surface area contributed by atoms with Gasteiger partial charge in [0.15, 0.2) is 0 Å². The number of carboxylic acids is 1. The fourth-order valence-electron chi connectivity index (χ4n) is 2.83. The van der Waals surface area contributed by atoms with Crippen LogP contribution < -0.4 is 4.90 Å². The van der Waals surface area contributed by atoms with E-state index in [9.17, 15) is 14.7 Å². The summed E-state index contributed by atoms with van der Waals surface area (Å²) in [6.45, 7) is 0.842. The number of hydrogen-bond acceptors (Lipinski definition) is 3. The summed E-state index contributed by atoms with van der Waals surface area (Å²) < 4.78 is 4.90. The molecular weight excluding hydrogens is 246 g/mol. The van der Waals surface area contributed by atoms with E-state index in [1.807, 2.05) is 6.07 Å². The van der Waals surface area contributed by atoms with Crippen LogP contribution >= 0.6 is 0 Å². The molecule has 100 valence electrons. The molecule has 0 unspecified atom stereocenters. The summed E-state index contributed by atoms with van der Waals surface area (Å²) >= 11 is 0. The van der Waals surface area contributed by atoms with Crippen molar-refractivity contribution in [2.24, 2.45) is 0 Å². The fourth-order valence-corrected chi connectivity index (χ4v) is 2.83. The van der Waals surface area contributed by atoms with Crippen LogP contribution in [0.3, 0.4) is 0 Å². The minimum Gasteiger partial charge on any atom is -0.478 e. The third-order valence-corrected chi connectivity index (χ3v) is 3.75. The van der Waals surface area contributed by atoms with Crippen molar-refractivity contribution in [3.8, 4) is 0 Å². The number of cyclic esters (lactones) is 1. The highest BCUT2D eigenvalue weighted by Crippen LogP contribution is 2.31. The number of carbonyl (C=O) groups excluding carboxylic acids is 1. The van der Waals surface area contributed by atoms with Gasteiger partial charge in [-0.1, -0.05) is 0 Å². The maximum absolute atomic E-state index is 11.6. The van der Waals surface area contributed by atoms with Crippen LogP contribution in [0.4, 0.5) is 10.5 Å². The second-order valence-corrected chi connectivity index (χ2v) is 4.91. The molecule has 0 bridgehead atoms. The Morgan fingerprint density at radius 3 is 2.74 bits per heavy atom. The minimum atomic E-state index is -0.924. The van der Waals surface area contributed by atoms with Gasteiger partial charge in [0.1, 0.15) is 6.61 Å².